The summed E-state index contributed by atoms with van der Waals surface area (Å²) < 4.78 is 23.3. The number of sulfone groups is 1. The van der Waals surface area contributed by atoms with Crippen molar-refractivity contribution in [3.8, 4) is 0 Å². The van der Waals surface area contributed by atoms with Crippen LogP contribution >= 0.6 is 0 Å². The van der Waals surface area contributed by atoms with E-state index in [9.17, 15) is 18.0 Å². The number of nitrogens with one attached hydrogen (secondary N) is 1. The molecule has 1 fully saturated rings. The summed E-state index contributed by atoms with van der Waals surface area (Å²) >= 11 is 0. The highest BCUT2D eigenvalue weighted by atomic mass is 32.2. The number of carbonyl (C=O) groups excluding carboxylic acids is 2. The Kier molecular flexibility index (Phi) is 5.65. The molecule has 33 heavy (non-hydrogen) atoms. The maximum absolute atomic E-state index is 12.6. The fourth-order valence-electron chi connectivity index (χ4n) is 4.71. The molecule has 1 aromatic heterocycles. The van der Waals surface area contributed by atoms with E-state index < -0.39 is 15.8 Å². The predicted octanol–water partition coefficient (Wildman–Crippen LogP) is 2.68. The smallest absolute Gasteiger partial charge is 0.322 e. The quantitative estimate of drug-likeness (QED) is 0.750. The van der Waals surface area contributed by atoms with Gasteiger partial charge in [-0.25, -0.2) is 13.2 Å². The number of rotatable bonds is 3. The lowest BCUT2D eigenvalue weighted by Crippen LogP contribution is -2.39. The van der Waals surface area contributed by atoms with Crippen molar-refractivity contribution in [2.75, 3.05) is 29.9 Å². The third kappa shape index (κ3) is 4.64. The van der Waals surface area contributed by atoms with Crippen LogP contribution in [0.1, 0.15) is 29.5 Å². The molecule has 2 aromatic rings. The maximum atomic E-state index is 12.6. The number of hydrogen-bond acceptors (Lipinski definition) is 5. The van der Waals surface area contributed by atoms with Gasteiger partial charge in [0, 0.05) is 44.3 Å². The molecule has 1 unspecified atom stereocenters. The van der Waals surface area contributed by atoms with Gasteiger partial charge in [-0.05, 0) is 53.3 Å². The van der Waals surface area contributed by atoms with Gasteiger partial charge in [-0.3, -0.25) is 9.78 Å². The molecule has 0 spiro atoms. The summed E-state index contributed by atoms with van der Waals surface area (Å²) in [7, 11) is -3.06. The van der Waals surface area contributed by atoms with Crippen molar-refractivity contribution in [1.82, 2.24) is 14.8 Å². The average molecular weight is 467 g/mol. The third-order valence-corrected chi connectivity index (χ3v) is 8.39. The molecule has 0 radical (unpaired) electrons. The molecule has 0 aliphatic carbocycles. The van der Waals surface area contributed by atoms with Crippen LogP contribution in [0.5, 0.6) is 0 Å². The second kappa shape index (κ2) is 8.62. The SMILES string of the molecule is O=C(Nc1ccc(C2=CCN(C(=O)C3CCS(=O)(=O)C3)CC2)cc1)N1Cc2ccncc2C1. The molecule has 172 valence electrons. The number of benzene rings is 1. The minimum absolute atomic E-state index is 0.0213. The third-order valence-electron chi connectivity index (χ3n) is 6.62. The van der Waals surface area contributed by atoms with E-state index in [4.69, 9.17) is 0 Å². The summed E-state index contributed by atoms with van der Waals surface area (Å²) in [5.41, 5.74) is 5.14. The molecule has 3 amide bonds. The Hall–Kier alpha value is -3.20. The van der Waals surface area contributed by atoms with Crippen LogP contribution in [-0.4, -0.2) is 59.7 Å². The van der Waals surface area contributed by atoms with Crippen LogP contribution < -0.4 is 5.32 Å². The van der Waals surface area contributed by atoms with Crippen molar-refractivity contribution < 1.29 is 18.0 Å². The summed E-state index contributed by atoms with van der Waals surface area (Å²) in [5.74, 6) is -0.355. The van der Waals surface area contributed by atoms with E-state index in [-0.39, 0.29) is 23.4 Å². The van der Waals surface area contributed by atoms with Crippen LogP contribution in [0.2, 0.25) is 0 Å². The number of nitrogens with zero attached hydrogens (tertiary/aromatic N) is 3. The van der Waals surface area contributed by atoms with Gasteiger partial charge < -0.3 is 15.1 Å². The van der Waals surface area contributed by atoms with Crippen molar-refractivity contribution in [3.63, 3.8) is 0 Å². The second-order valence-corrected chi connectivity index (χ2v) is 11.1. The van der Waals surface area contributed by atoms with E-state index in [0.717, 1.165) is 34.4 Å². The lowest BCUT2D eigenvalue weighted by Gasteiger charge is -2.28. The fraction of sp³-hybridized carbons (Fsp3) is 0.375. The molecule has 0 saturated carbocycles. The van der Waals surface area contributed by atoms with Crippen LogP contribution in [0, 0.1) is 5.92 Å². The number of carbonyl (C=O) groups is 2. The molecule has 5 rings (SSSR count). The van der Waals surface area contributed by atoms with Gasteiger partial charge in [0.15, 0.2) is 9.84 Å². The molecule has 9 heteroatoms. The van der Waals surface area contributed by atoms with Crippen LogP contribution in [0.15, 0.2) is 48.8 Å². The van der Waals surface area contributed by atoms with Gasteiger partial charge in [0.25, 0.3) is 0 Å². The van der Waals surface area contributed by atoms with E-state index in [1.807, 2.05) is 36.4 Å². The topological polar surface area (TPSA) is 99.7 Å². The maximum Gasteiger partial charge on any atom is 0.322 e. The normalized spacial score (nSPS) is 21.5. The number of pyridine rings is 1. The largest absolute Gasteiger partial charge is 0.338 e. The molecule has 0 bridgehead atoms. The number of hydrogen-bond donors (Lipinski definition) is 1. The second-order valence-electron chi connectivity index (χ2n) is 8.87. The van der Waals surface area contributed by atoms with Gasteiger partial charge in [-0.15, -0.1) is 0 Å². The van der Waals surface area contributed by atoms with E-state index in [1.165, 1.54) is 0 Å². The molecule has 1 N–H and O–H groups in total. The Morgan fingerprint density at radius 1 is 1.03 bits per heavy atom. The van der Waals surface area contributed by atoms with Crippen LogP contribution in [-0.2, 0) is 27.7 Å². The summed E-state index contributed by atoms with van der Waals surface area (Å²) in [6, 6.07) is 9.54. The zero-order valence-corrected chi connectivity index (χ0v) is 19.1. The van der Waals surface area contributed by atoms with Crippen molar-refractivity contribution >= 4 is 33.0 Å². The monoisotopic (exact) mass is 466 g/mol. The molecule has 3 aliphatic rings. The Morgan fingerprint density at radius 3 is 2.48 bits per heavy atom. The summed E-state index contributed by atoms with van der Waals surface area (Å²) in [5, 5.41) is 2.95. The standard InChI is InChI=1S/C24H26N4O4S/c29-23(20-8-12-33(31,32)16-20)27-10-6-18(7-11-27)17-1-3-22(4-2-17)26-24(30)28-14-19-5-9-25-13-21(19)15-28/h1-6,9,13,20H,7-8,10-12,14-16H2,(H,26,30). The zero-order valence-electron chi connectivity index (χ0n) is 18.2. The molecule has 1 atom stereocenters. The Balaban J connectivity index is 1.16. The molecule has 1 saturated heterocycles. The van der Waals surface area contributed by atoms with Crippen molar-refractivity contribution in [2.45, 2.75) is 25.9 Å². The Labute approximate surface area is 193 Å². The van der Waals surface area contributed by atoms with Crippen molar-refractivity contribution in [3.05, 3.63) is 65.5 Å². The summed E-state index contributed by atoms with van der Waals surface area (Å²) in [6.07, 6.45) is 6.74. The van der Waals surface area contributed by atoms with E-state index in [2.05, 4.69) is 10.3 Å². The lowest BCUT2D eigenvalue weighted by atomic mass is 9.98. The lowest BCUT2D eigenvalue weighted by molar-refractivity contribution is -0.134. The molecular formula is C24H26N4O4S. The first-order valence-electron chi connectivity index (χ1n) is 11.1. The summed E-state index contributed by atoms with van der Waals surface area (Å²) in [4.78, 5) is 32.9. The zero-order chi connectivity index (χ0) is 23.0. The number of urea groups is 1. The van der Waals surface area contributed by atoms with Gasteiger partial charge in [0.2, 0.25) is 5.91 Å². The number of amides is 3. The van der Waals surface area contributed by atoms with E-state index in [1.54, 1.807) is 22.2 Å². The van der Waals surface area contributed by atoms with Gasteiger partial charge in [0.1, 0.15) is 0 Å². The highest BCUT2D eigenvalue weighted by Crippen LogP contribution is 2.27. The number of fused-ring (bicyclic) bond motifs is 1. The van der Waals surface area contributed by atoms with Crippen LogP contribution in [0.4, 0.5) is 10.5 Å². The minimum atomic E-state index is -3.06. The van der Waals surface area contributed by atoms with Gasteiger partial charge in [-0.2, -0.15) is 0 Å². The average Bonchev–Trinajstić information content (AvgIpc) is 3.42. The molecule has 4 heterocycles. The number of anilines is 1. The van der Waals surface area contributed by atoms with Crippen molar-refractivity contribution in [2.24, 2.45) is 5.92 Å². The van der Waals surface area contributed by atoms with E-state index >= 15 is 0 Å². The summed E-state index contributed by atoms with van der Waals surface area (Å²) in [6.45, 7) is 2.22. The first-order chi connectivity index (χ1) is 15.9. The first kappa shape index (κ1) is 21.6. The fourth-order valence-corrected chi connectivity index (χ4v) is 6.45. The van der Waals surface area contributed by atoms with E-state index in [0.29, 0.717) is 32.6 Å². The van der Waals surface area contributed by atoms with Gasteiger partial charge in [-0.1, -0.05) is 18.2 Å². The highest BCUT2D eigenvalue weighted by molar-refractivity contribution is 7.91. The molecule has 8 nitrogen and oxygen atoms in total. The number of aromatic nitrogens is 1. The molecule has 1 aromatic carbocycles. The molecule has 3 aliphatic heterocycles. The Morgan fingerprint density at radius 2 is 1.82 bits per heavy atom. The minimum Gasteiger partial charge on any atom is -0.338 e. The van der Waals surface area contributed by atoms with Crippen molar-refractivity contribution in [1.29, 1.82) is 0 Å². The highest BCUT2D eigenvalue weighted by Gasteiger charge is 2.35. The van der Waals surface area contributed by atoms with Crippen LogP contribution in [0.3, 0.4) is 0 Å². The Bertz CT molecular complexity index is 1200. The first-order valence-corrected chi connectivity index (χ1v) is 13.0. The predicted molar refractivity (Wildman–Crippen MR) is 125 cm³/mol. The van der Waals surface area contributed by atoms with Gasteiger partial charge >= 0.3 is 6.03 Å². The van der Waals surface area contributed by atoms with Gasteiger partial charge in [0.05, 0.1) is 17.4 Å². The molecular weight excluding hydrogens is 440 g/mol. The van der Waals surface area contributed by atoms with Crippen LogP contribution in [0.25, 0.3) is 5.57 Å².